The van der Waals surface area contributed by atoms with Gasteiger partial charge in [0, 0.05) is 12.2 Å². The largest absolute Gasteiger partial charge is 0.399 e. The summed E-state index contributed by atoms with van der Waals surface area (Å²) >= 11 is 5.94. The van der Waals surface area contributed by atoms with E-state index >= 15 is 0 Å². The van der Waals surface area contributed by atoms with Crippen LogP contribution in [0.3, 0.4) is 0 Å². The van der Waals surface area contributed by atoms with Gasteiger partial charge in [-0.3, -0.25) is 0 Å². The van der Waals surface area contributed by atoms with Gasteiger partial charge in [0.1, 0.15) is 4.90 Å². The maximum Gasteiger partial charge on any atom is 0.242 e. The fraction of sp³-hybridized carbons (Fsp3) is 0.200. The molecule has 0 aliphatic carbocycles. The summed E-state index contributed by atoms with van der Waals surface area (Å²) in [5.41, 5.74) is 8.09. The second-order valence-electron chi connectivity index (χ2n) is 4.68. The predicted molar refractivity (Wildman–Crippen MR) is 85.7 cm³/mol. The monoisotopic (exact) mass is 324 g/mol. The summed E-state index contributed by atoms with van der Waals surface area (Å²) in [6, 6.07) is 12.1. The fourth-order valence-corrected chi connectivity index (χ4v) is 3.45. The van der Waals surface area contributed by atoms with Crippen molar-refractivity contribution < 1.29 is 8.42 Å². The third-order valence-corrected chi connectivity index (χ3v) is 5.03. The number of rotatable bonds is 5. The maximum atomic E-state index is 12.2. The molecule has 0 aromatic heterocycles. The second-order valence-corrected chi connectivity index (χ2v) is 6.83. The Morgan fingerprint density at radius 2 is 1.71 bits per heavy atom. The lowest BCUT2D eigenvalue weighted by Crippen LogP contribution is -2.23. The van der Waals surface area contributed by atoms with Gasteiger partial charge in [-0.25, -0.2) is 13.1 Å². The number of nitrogens with one attached hydrogen (secondary N) is 1. The van der Waals surface area contributed by atoms with Crippen LogP contribution in [0.15, 0.2) is 47.4 Å². The molecule has 0 atom stereocenters. The third-order valence-electron chi connectivity index (χ3n) is 3.14. The molecule has 4 nitrogen and oxygen atoms in total. The Labute approximate surface area is 130 Å². The second kappa shape index (κ2) is 6.47. The molecule has 0 saturated carbocycles. The first-order valence-electron chi connectivity index (χ1n) is 6.55. The summed E-state index contributed by atoms with van der Waals surface area (Å²) in [6.45, 7) is 2.29. The van der Waals surface area contributed by atoms with E-state index < -0.39 is 10.0 Å². The summed E-state index contributed by atoms with van der Waals surface area (Å²) in [5, 5.41) is 0.115. The van der Waals surface area contributed by atoms with E-state index in [1.807, 2.05) is 24.3 Å². The van der Waals surface area contributed by atoms with Gasteiger partial charge in [0.2, 0.25) is 10.0 Å². The highest BCUT2D eigenvalue weighted by Gasteiger charge is 2.17. The quantitative estimate of drug-likeness (QED) is 0.830. The van der Waals surface area contributed by atoms with Crippen molar-refractivity contribution >= 4 is 27.3 Å². The van der Waals surface area contributed by atoms with E-state index in [2.05, 4.69) is 11.6 Å². The van der Waals surface area contributed by atoms with Crippen LogP contribution in [0.4, 0.5) is 5.69 Å². The van der Waals surface area contributed by atoms with E-state index in [4.69, 9.17) is 17.3 Å². The minimum atomic E-state index is -3.66. The minimum Gasteiger partial charge on any atom is -0.399 e. The summed E-state index contributed by atoms with van der Waals surface area (Å²) < 4.78 is 27.0. The molecule has 0 unspecified atom stereocenters. The van der Waals surface area contributed by atoms with Crippen molar-refractivity contribution in [3.05, 3.63) is 58.6 Å². The number of sulfonamides is 1. The van der Waals surface area contributed by atoms with Gasteiger partial charge in [0.15, 0.2) is 0 Å². The number of nitrogens with two attached hydrogens (primary N) is 1. The normalized spacial score (nSPS) is 11.5. The van der Waals surface area contributed by atoms with Gasteiger partial charge in [-0.15, -0.1) is 0 Å². The van der Waals surface area contributed by atoms with Crippen molar-refractivity contribution in [3.63, 3.8) is 0 Å². The van der Waals surface area contributed by atoms with Crippen LogP contribution in [-0.4, -0.2) is 8.42 Å². The highest BCUT2D eigenvalue weighted by atomic mass is 35.5. The molecule has 0 bridgehead atoms. The van der Waals surface area contributed by atoms with Crippen LogP contribution in [0.2, 0.25) is 5.02 Å². The Morgan fingerprint density at radius 3 is 2.29 bits per heavy atom. The highest BCUT2D eigenvalue weighted by Crippen LogP contribution is 2.23. The van der Waals surface area contributed by atoms with Crippen molar-refractivity contribution in [2.45, 2.75) is 24.8 Å². The number of benzene rings is 2. The number of aryl methyl sites for hydroxylation is 1. The molecule has 3 N–H and O–H groups in total. The summed E-state index contributed by atoms with van der Waals surface area (Å²) in [5.74, 6) is 0. The van der Waals surface area contributed by atoms with Crippen LogP contribution in [0, 0.1) is 0 Å². The molecule has 0 heterocycles. The lowest BCUT2D eigenvalue weighted by Gasteiger charge is -2.09. The average molecular weight is 325 g/mol. The summed E-state index contributed by atoms with van der Waals surface area (Å²) in [4.78, 5) is 0.0311. The molecular weight excluding hydrogens is 308 g/mol. The van der Waals surface area contributed by atoms with Gasteiger partial charge in [-0.2, -0.15) is 0 Å². The topological polar surface area (TPSA) is 72.2 Å². The molecule has 0 fully saturated rings. The van der Waals surface area contributed by atoms with Crippen molar-refractivity contribution in [1.82, 2.24) is 4.72 Å². The van der Waals surface area contributed by atoms with E-state index in [0.717, 1.165) is 12.0 Å². The van der Waals surface area contributed by atoms with Gasteiger partial charge in [-0.05, 0) is 35.7 Å². The lowest BCUT2D eigenvalue weighted by molar-refractivity contribution is 0.581. The highest BCUT2D eigenvalue weighted by molar-refractivity contribution is 7.89. The van der Waals surface area contributed by atoms with Gasteiger partial charge in [0.05, 0.1) is 5.02 Å². The van der Waals surface area contributed by atoms with E-state index in [1.165, 1.54) is 23.8 Å². The standard InChI is InChI=1S/C15H17ClN2O2S/c1-2-11-3-5-12(6-4-11)10-18-21(19,20)15-8-7-13(17)9-14(15)16/h3-9,18H,2,10,17H2,1H3. The maximum absolute atomic E-state index is 12.2. The van der Waals surface area contributed by atoms with Crippen molar-refractivity contribution in [2.75, 3.05) is 5.73 Å². The first-order chi connectivity index (χ1) is 9.92. The molecule has 2 aromatic rings. The molecule has 0 radical (unpaired) electrons. The summed E-state index contributed by atoms with van der Waals surface area (Å²) in [7, 11) is -3.66. The lowest BCUT2D eigenvalue weighted by atomic mass is 10.1. The van der Waals surface area contributed by atoms with Crippen molar-refractivity contribution in [3.8, 4) is 0 Å². The van der Waals surface area contributed by atoms with Gasteiger partial charge in [0.25, 0.3) is 0 Å². The first kappa shape index (κ1) is 15.8. The Balaban J connectivity index is 2.13. The molecule has 6 heteroatoms. The van der Waals surface area contributed by atoms with Crippen LogP contribution >= 0.6 is 11.6 Å². The van der Waals surface area contributed by atoms with Crippen LogP contribution in [0.1, 0.15) is 18.1 Å². The van der Waals surface area contributed by atoms with Crippen LogP contribution < -0.4 is 10.5 Å². The fourth-order valence-electron chi connectivity index (χ4n) is 1.88. The summed E-state index contributed by atoms with van der Waals surface area (Å²) in [6.07, 6.45) is 0.951. The zero-order chi connectivity index (χ0) is 15.5. The smallest absolute Gasteiger partial charge is 0.242 e. The van der Waals surface area contributed by atoms with E-state index in [9.17, 15) is 8.42 Å². The van der Waals surface area contributed by atoms with Gasteiger partial charge in [-0.1, -0.05) is 42.8 Å². The third kappa shape index (κ3) is 3.97. The Morgan fingerprint density at radius 1 is 1.10 bits per heavy atom. The number of hydrogen-bond acceptors (Lipinski definition) is 3. The average Bonchev–Trinajstić information content (AvgIpc) is 2.45. The van der Waals surface area contributed by atoms with E-state index in [0.29, 0.717) is 5.69 Å². The number of anilines is 1. The Hall–Kier alpha value is -1.56. The minimum absolute atomic E-state index is 0.0311. The Bertz CT molecular complexity index is 728. The molecule has 0 aliphatic heterocycles. The molecule has 112 valence electrons. The zero-order valence-corrected chi connectivity index (χ0v) is 13.2. The van der Waals surface area contributed by atoms with E-state index in [1.54, 1.807) is 0 Å². The van der Waals surface area contributed by atoms with Crippen LogP contribution in [0.5, 0.6) is 0 Å². The van der Waals surface area contributed by atoms with Crippen LogP contribution in [-0.2, 0) is 23.0 Å². The molecule has 21 heavy (non-hydrogen) atoms. The molecular formula is C15H17ClN2O2S. The van der Waals surface area contributed by atoms with E-state index in [-0.39, 0.29) is 16.5 Å². The molecule has 0 amide bonds. The van der Waals surface area contributed by atoms with Gasteiger partial charge >= 0.3 is 0 Å². The number of halogens is 1. The number of nitrogen functional groups attached to an aromatic ring is 1. The van der Waals surface area contributed by atoms with Crippen LogP contribution in [0.25, 0.3) is 0 Å². The zero-order valence-electron chi connectivity index (χ0n) is 11.6. The molecule has 0 saturated heterocycles. The first-order valence-corrected chi connectivity index (χ1v) is 8.41. The van der Waals surface area contributed by atoms with Crippen molar-refractivity contribution in [2.24, 2.45) is 0 Å². The SMILES string of the molecule is CCc1ccc(CNS(=O)(=O)c2ccc(N)cc2Cl)cc1. The number of hydrogen-bond donors (Lipinski definition) is 2. The molecule has 2 rings (SSSR count). The van der Waals surface area contributed by atoms with Gasteiger partial charge < -0.3 is 5.73 Å². The molecule has 2 aromatic carbocycles. The molecule has 0 aliphatic rings. The molecule has 0 spiro atoms. The Kier molecular flexibility index (Phi) is 4.88. The predicted octanol–water partition coefficient (Wildman–Crippen LogP) is 2.96. The van der Waals surface area contributed by atoms with Crippen molar-refractivity contribution in [1.29, 1.82) is 0 Å².